The van der Waals surface area contributed by atoms with Crippen LogP contribution in [0.1, 0.15) is 39.0 Å². The van der Waals surface area contributed by atoms with Crippen molar-refractivity contribution in [1.29, 1.82) is 0 Å². The highest BCUT2D eigenvalue weighted by Crippen LogP contribution is 2.32. The highest BCUT2D eigenvalue weighted by molar-refractivity contribution is 5.28. The van der Waals surface area contributed by atoms with Gasteiger partial charge >= 0.3 is 0 Å². The van der Waals surface area contributed by atoms with Crippen molar-refractivity contribution in [2.45, 2.75) is 44.6 Å². The average Bonchev–Trinajstić information content (AvgIpc) is 2.19. The Balaban J connectivity index is 2.83. The van der Waals surface area contributed by atoms with Gasteiger partial charge in [-0.25, -0.2) is 6.57 Å². The minimum Gasteiger partial charge on any atom is -0.305 e. The van der Waals surface area contributed by atoms with Gasteiger partial charge in [0.25, 0.3) is 5.54 Å². The molecule has 0 aromatic rings. The van der Waals surface area contributed by atoms with E-state index in [2.05, 4.69) is 16.8 Å². The molecule has 1 nitrogen and oxygen atoms in total. The zero-order chi connectivity index (χ0) is 9.73. The van der Waals surface area contributed by atoms with E-state index in [4.69, 9.17) is 13.0 Å². The maximum atomic E-state index is 7.18. The van der Waals surface area contributed by atoms with Crippen molar-refractivity contribution in [3.63, 3.8) is 0 Å². The molecule has 1 atom stereocenters. The monoisotopic (exact) mass is 173 g/mol. The van der Waals surface area contributed by atoms with Crippen LogP contribution in [-0.4, -0.2) is 5.54 Å². The van der Waals surface area contributed by atoms with Crippen molar-refractivity contribution in [2.24, 2.45) is 0 Å². The number of hydrogen-bond donors (Lipinski definition) is 0. The highest BCUT2D eigenvalue weighted by Gasteiger charge is 2.34. The fraction of sp³-hybridized carbons (Fsp3) is 0.583. The molecule has 0 fully saturated rings. The third-order valence-corrected chi connectivity index (χ3v) is 2.68. The van der Waals surface area contributed by atoms with E-state index in [1.807, 2.05) is 6.92 Å². The second-order valence-electron chi connectivity index (χ2n) is 3.74. The van der Waals surface area contributed by atoms with Gasteiger partial charge in [0.05, 0.1) is 6.42 Å². The molecule has 0 radical (unpaired) electrons. The Morgan fingerprint density at radius 1 is 1.69 bits per heavy atom. The van der Waals surface area contributed by atoms with Crippen molar-refractivity contribution in [2.75, 3.05) is 0 Å². The minimum absolute atomic E-state index is 0.421. The molecule has 0 spiro atoms. The largest absolute Gasteiger partial charge is 0.305 e. The SMILES string of the molecule is [C-]#[N+]C(C)(CC#C)C1=CCCCC1. The summed E-state index contributed by atoms with van der Waals surface area (Å²) < 4.78 is 0. The summed E-state index contributed by atoms with van der Waals surface area (Å²) in [5.41, 5.74) is 0.835. The van der Waals surface area contributed by atoms with E-state index in [0.29, 0.717) is 6.42 Å². The molecular weight excluding hydrogens is 158 g/mol. The third kappa shape index (κ3) is 2.13. The predicted octanol–water partition coefficient (Wildman–Crippen LogP) is 3.19. The lowest BCUT2D eigenvalue weighted by molar-refractivity contribution is 0.577. The van der Waals surface area contributed by atoms with Gasteiger partial charge in [0.1, 0.15) is 0 Å². The number of allylic oxidation sites excluding steroid dienone is 1. The summed E-state index contributed by atoms with van der Waals surface area (Å²) in [6.45, 7) is 9.14. The second-order valence-corrected chi connectivity index (χ2v) is 3.74. The molecule has 1 rings (SSSR count). The summed E-state index contributed by atoms with van der Waals surface area (Å²) in [5.74, 6) is 2.60. The van der Waals surface area contributed by atoms with Gasteiger partial charge in [0.15, 0.2) is 0 Å². The molecule has 0 aliphatic heterocycles. The molecule has 0 amide bonds. The Bertz CT molecular complexity index is 287. The van der Waals surface area contributed by atoms with Gasteiger partial charge in [0, 0.05) is 12.5 Å². The minimum atomic E-state index is -0.421. The molecule has 1 aliphatic carbocycles. The molecule has 0 aromatic heterocycles. The Labute approximate surface area is 80.7 Å². The normalized spacial score (nSPS) is 20.7. The molecule has 1 aliphatic rings. The van der Waals surface area contributed by atoms with Crippen LogP contribution < -0.4 is 0 Å². The Morgan fingerprint density at radius 3 is 2.92 bits per heavy atom. The van der Waals surface area contributed by atoms with Crippen LogP contribution in [0.2, 0.25) is 0 Å². The third-order valence-electron chi connectivity index (χ3n) is 2.68. The first-order chi connectivity index (χ1) is 6.23. The van der Waals surface area contributed by atoms with Crippen LogP contribution in [0.4, 0.5) is 0 Å². The van der Waals surface area contributed by atoms with E-state index in [1.54, 1.807) is 0 Å². The van der Waals surface area contributed by atoms with E-state index in [9.17, 15) is 0 Å². The fourth-order valence-corrected chi connectivity index (χ4v) is 1.75. The van der Waals surface area contributed by atoms with E-state index in [0.717, 1.165) is 12.8 Å². The summed E-state index contributed by atoms with van der Waals surface area (Å²) >= 11 is 0. The lowest BCUT2D eigenvalue weighted by atomic mass is 9.83. The van der Waals surface area contributed by atoms with Crippen molar-refractivity contribution in [1.82, 2.24) is 0 Å². The van der Waals surface area contributed by atoms with Crippen molar-refractivity contribution < 1.29 is 0 Å². The van der Waals surface area contributed by atoms with E-state index in [-0.39, 0.29) is 0 Å². The van der Waals surface area contributed by atoms with Crippen LogP contribution in [0.25, 0.3) is 4.85 Å². The van der Waals surface area contributed by atoms with Crippen LogP contribution in [0, 0.1) is 18.9 Å². The summed E-state index contributed by atoms with van der Waals surface area (Å²) in [6, 6.07) is 0. The molecule has 68 valence electrons. The van der Waals surface area contributed by atoms with E-state index >= 15 is 0 Å². The number of hydrogen-bond acceptors (Lipinski definition) is 0. The maximum Gasteiger partial charge on any atom is 0.261 e. The van der Waals surface area contributed by atoms with E-state index in [1.165, 1.54) is 18.4 Å². The molecule has 1 heteroatoms. The van der Waals surface area contributed by atoms with Crippen molar-refractivity contribution in [3.05, 3.63) is 23.1 Å². The smallest absolute Gasteiger partial charge is 0.261 e. The maximum absolute atomic E-state index is 7.18. The second kappa shape index (κ2) is 4.15. The molecule has 0 heterocycles. The Morgan fingerprint density at radius 2 is 2.46 bits per heavy atom. The Hall–Kier alpha value is -1.21. The molecule has 0 saturated carbocycles. The molecule has 13 heavy (non-hydrogen) atoms. The molecule has 0 aromatic carbocycles. The van der Waals surface area contributed by atoms with Gasteiger partial charge in [-0.15, -0.1) is 6.42 Å². The summed E-state index contributed by atoms with van der Waals surface area (Å²) in [7, 11) is 0. The summed E-state index contributed by atoms with van der Waals surface area (Å²) in [4.78, 5) is 3.67. The van der Waals surface area contributed by atoms with Crippen LogP contribution in [-0.2, 0) is 0 Å². The van der Waals surface area contributed by atoms with Gasteiger partial charge in [-0.05, 0) is 25.7 Å². The van der Waals surface area contributed by atoms with Crippen LogP contribution in [0.5, 0.6) is 0 Å². The number of terminal acetylenes is 1. The van der Waals surface area contributed by atoms with Crippen LogP contribution >= 0.6 is 0 Å². The van der Waals surface area contributed by atoms with Gasteiger partial charge in [-0.3, -0.25) is 0 Å². The summed E-state index contributed by atoms with van der Waals surface area (Å²) in [5, 5.41) is 0. The molecule has 1 unspecified atom stereocenters. The van der Waals surface area contributed by atoms with Crippen molar-refractivity contribution in [3.8, 4) is 12.3 Å². The topological polar surface area (TPSA) is 4.36 Å². The molecule has 0 bridgehead atoms. The lowest BCUT2D eigenvalue weighted by Crippen LogP contribution is -2.23. The fourth-order valence-electron chi connectivity index (χ4n) is 1.75. The van der Waals surface area contributed by atoms with Gasteiger partial charge < -0.3 is 4.85 Å². The van der Waals surface area contributed by atoms with Crippen LogP contribution in [0.15, 0.2) is 11.6 Å². The van der Waals surface area contributed by atoms with Gasteiger partial charge in [-0.2, -0.15) is 0 Å². The first-order valence-corrected chi connectivity index (χ1v) is 4.74. The van der Waals surface area contributed by atoms with Crippen LogP contribution in [0.3, 0.4) is 0 Å². The predicted molar refractivity (Wildman–Crippen MR) is 55.0 cm³/mol. The van der Waals surface area contributed by atoms with Crippen molar-refractivity contribution >= 4 is 0 Å². The van der Waals surface area contributed by atoms with Gasteiger partial charge in [-0.1, -0.05) is 12.0 Å². The summed E-state index contributed by atoms with van der Waals surface area (Å²) in [6.07, 6.45) is 12.7. The molecular formula is C12H15N. The first-order valence-electron chi connectivity index (χ1n) is 4.74. The van der Waals surface area contributed by atoms with Gasteiger partial charge in [0.2, 0.25) is 0 Å². The number of rotatable bonds is 2. The average molecular weight is 173 g/mol. The molecule has 0 saturated heterocycles. The zero-order valence-electron chi connectivity index (χ0n) is 8.14. The Kier molecular flexibility index (Phi) is 3.15. The number of nitrogens with zero attached hydrogens (tertiary/aromatic N) is 1. The highest BCUT2D eigenvalue weighted by atomic mass is 14.8. The quantitative estimate of drug-likeness (QED) is 0.343. The zero-order valence-corrected chi connectivity index (χ0v) is 8.14. The standard InChI is InChI=1S/C12H15N/c1-4-10-12(2,13-3)11-8-6-5-7-9-11/h1,8H,5-7,9-10H2,2H3. The lowest BCUT2D eigenvalue weighted by Gasteiger charge is -2.21. The molecule has 0 N–H and O–H groups in total. The first kappa shape index (κ1) is 9.87. The van der Waals surface area contributed by atoms with E-state index < -0.39 is 5.54 Å².